The van der Waals surface area contributed by atoms with E-state index in [0.29, 0.717) is 18.2 Å². The first-order chi connectivity index (χ1) is 13.2. The van der Waals surface area contributed by atoms with Gasteiger partial charge in [0.05, 0.1) is 6.61 Å². The summed E-state index contributed by atoms with van der Waals surface area (Å²) < 4.78 is 0. The van der Waals surface area contributed by atoms with E-state index in [0.717, 1.165) is 51.1 Å². The van der Waals surface area contributed by atoms with Crippen molar-refractivity contribution in [2.75, 3.05) is 19.6 Å². The molecular formula is C23H28N2O2. The van der Waals surface area contributed by atoms with Crippen molar-refractivity contribution >= 4 is 5.91 Å². The van der Waals surface area contributed by atoms with Gasteiger partial charge in [-0.05, 0) is 41.0 Å². The van der Waals surface area contributed by atoms with Crippen LogP contribution in [0.2, 0.25) is 0 Å². The van der Waals surface area contributed by atoms with Crippen LogP contribution in [0.1, 0.15) is 35.1 Å². The maximum Gasteiger partial charge on any atom is 0.223 e. The fourth-order valence-corrected chi connectivity index (χ4v) is 4.31. The van der Waals surface area contributed by atoms with Gasteiger partial charge in [-0.2, -0.15) is 0 Å². The minimum atomic E-state index is 0.0914. The lowest BCUT2D eigenvalue weighted by Crippen LogP contribution is -2.32. The summed E-state index contributed by atoms with van der Waals surface area (Å²) in [4.78, 5) is 17.1. The second kappa shape index (κ2) is 8.24. The van der Waals surface area contributed by atoms with E-state index < -0.39 is 0 Å². The summed E-state index contributed by atoms with van der Waals surface area (Å²) in [5.41, 5.74) is 5.05. The Labute approximate surface area is 161 Å². The Kier molecular flexibility index (Phi) is 5.55. The summed E-state index contributed by atoms with van der Waals surface area (Å²) in [6.07, 6.45) is 2.71. The van der Waals surface area contributed by atoms with Gasteiger partial charge >= 0.3 is 0 Å². The molecular weight excluding hydrogens is 336 g/mol. The third-order valence-corrected chi connectivity index (χ3v) is 5.92. The van der Waals surface area contributed by atoms with Crippen molar-refractivity contribution in [2.45, 2.75) is 39.0 Å². The van der Waals surface area contributed by atoms with Crippen molar-refractivity contribution in [3.8, 4) is 0 Å². The number of likely N-dealkylation sites (tertiary alicyclic amines) is 1. The van der Waals surface area contributed by atoms with Gasteiger partial charge in [-0.1, -0.05) is 48.5 Å². The van der Waals surface area contributed by atoms with E-state index in [1.807, 2.05) is 12.1 Å². The lowest BCUT2D eigenvalue weighted by molar-refractivity contribution is -0.130. The molecule has 1 N–H and O–H groups in total. The zero-order valence-corrected chi connectivity index (χ0v) is 15.8. The van der Waals surface area contributed by atoms with Crippen LogP contribution in [0.5, 0.6) is 0 Å². The SMILES string of the molecule is O=C(CCN1Cc2ccccc2C1)N1CC[C@@H](Cc2ccc(CO)cc2)C1. The van der Waals surface area contributed by atoms with E-state index in [1.54, 1.807) is 0 Å². The van der Waals surface area contributed by atoms with Crippen LogP contribution >= 0.6 is 0 Å². The van der Waals surface area contributed by atoms with Crippen molar-refractivity contribution in [2.24, 2.45) is 5.92 Å². The molecule has 1 amide bonds. The highest BCUT2D eigenvalue weighted by Gasteiger charge is 2.27. The molecule has 2 aliphatic rings. The van der Waals surface area contributed by atoms with Gasteiger partial charge in [0.25, 0.3) is 0 Å². The highest BCUT2D eigenvalue weighted by molar-refractivity contribution is 5.76. The summed E-state index contributed by atoms with van der Waals surface area (Å²) in [7, 11) is 0. The molecule has 0 saturated carbocycles. The Morgan fingerprint density at radius 1 is 1.00 bits per heavy atom. The fraction of sp³-hybridized carbons (Fsp3) is 0.435. The van der Waals surface area contributed by atoms with E-state index in [4.69, 9.17) is 5.11 Å². The number of hydrogen-bond donors (Lipinski definition) is 1. The van der Waals surface area contributed by atoms with E-state index in [-0.39, 0.29) is 6.61 Å². The molecule has 0 bridgehead atoms. The zero-order chi connectivity index (χ0) is 18.6. The van der Waals surface area contributed by atoms with Crippen molar-refractivity contribution in [3.63, 3.8) is 0 Å². The van der Waals surface area contributed by atoms with Gasteiger partial charge in [0.15, 0.2) is 0 Å². The highest BCUT2D eigenvalue weighted by Crippen LogP contribution is 2.24. The van der Waals surface area contributed by atoms with Crippen LogP contribution in [0.4, 0.5) is 0 Å². The van der Waals surface area contributed by atoms with Gasteiger partial charge in [0, 0.05) is 39.1 Å². The van der Waals surface area contributed by atoms with Crippen molar-refractivity contribution in [1.82, 2.24) is 9.80 Å². The maximum absolute atomic E-state index is 12.6. The number of fused-ring (bicyclic) bond motifs is 1. The van der Waals surface area contributed by atoms with Crippen LogP contribution in [0.25, 0.3) is 0 Å². The second-order valence-electron chi connectivity index (χ2n) is 7.90. The summed E-state index contributed by atoms with van der Waals surface area (Å²) in [5.74, 6) is 0.842. The number of amides is 1. The number of aliphatic hydroxyl groups is 1. The number of nitrogens with zero attached hydrogens (tertiary/aromatic N) is 2. The molecule has 2 aliphatic heterocycles. The first-order valence-corrected chi connectivity index (χ1v) is 9.97. The predicted molar refractivity (Wildman–Crippen MR) is 106 cm³/mol. The molecule has 0 aliphatic carbocycles. The predicted octanol–water partition coefficient (Wildman–Crippen LogP) is 2.98. The Morgan fingerprint density at radius 2 is 1.67 bits per heavy atom. The van der Waals surface area contributed by atoms with Crippen LogP contribution < -0.4 is 0 Å². The lowest BCUT2D eigenvalue weighted by atomic mass is 9.98. The van der Waals surface area contributed by atoms with Crippen molar-refractivity contribution in [1.29, 1.82) is 0 Å². The van der Waals surface area contributed by atoms with Crippen LogP contribution in [0, 0.1) is 5.92 Å². The number of carbonyl (C=O) groups excluding carboxylic acids is 1. The first-order valence-electron chi connectivity index (χ1n) is 9.97. The molecule has 1 saturated heterocycles. The molecule has 1 atom stereocenters. The normalized spacial score (nSPS) is 19.4. The zero-order valence-electron chi connectivity index (χ0n) is 15.8. The van der Waals surface area contributed by atoms with Crippen LogP contribution in [-0.2, 0) is 30.9 Å². The molecule has 1 fully saturated rings. The summed E-state index contributed by atoms with van der Waals surface area (Å²) in [6, 6.07) is 16.7. The minimum absolute atomic E-state index is 0.0914. The molecule has 27 heavy (non-hydrogen) atoms. The van der Waals surface area contributed by atoms with E-state index in [2.05, 4.69) is 46.2 Å². The van der Waals surface area contributed by atoms with E-state index in [1.165, 1.54) is 16.7 Å². The minimum Gasteiger partial charge on any atom is -0.392 e. The third-order valence-electron chi connectivity index (χ3n) is 5.92. The number of rotatable bonds is 6. The average Bonchev–Trinajstić information content (AvgIpc) is 3.33. The molecule has 0 unspecified atom stereocenters. The van der Waals surface area contributed by atoms with Gasteiger partial charge < -0.3 is 10.0 Å². The number of benzene rings is 2. The molecule has 4 rings (SSSR count). The van der Waals surface area contributed by atoms with Crippen LogP contribution in [0.3, 0.4) is 0 Å². The third kappa shape index (κ3) is 4.40. The summed E-state index contributed by atoms with van der Waals surface area (Å²) in [5, 5.41) is 9.14. The molecule has 4 heteroatoms. The topological polar surface area (TPSA) is 43.8 Å². The number of aliphatic hydroxyl groups excluding tert-OH is 1. The Morgan fingerprint density at radius 3 is 2.33 bits per heavy atom. The molecule has 0 aromatic heterocycles. The molecule has 2 aromatic rings. The molecule has 2 heterocycles. The highest BCUT2D eigenvalue weighted by atomic mass is 16.3. The fourth-order valence-electron chi connectivity index (χ4n) is 4.31. The molecule has 4 nitrogen and oxygen atoms in total. The van der Waals surface area contributed by atoms with Crippen molar-refractivity contribution in [3.05, 3.63) is 70.8 Å². The Balaban J connectivity index is 1.22. The van der Waals surface area contributed by atoms with Crippen LogP contribution in [-0.4, -0.2) is 40.4 Å². The van der Waals surface area contributed by atoms with Gasteiger partial charge in [-0.15, -0.1) is 0 Å². The monoisotopic (exact) mass is 364 g/mol. The standard InChI is InChI=1S/C23H28N2O2/c26-17-19-7-5-18(6-8-19)13-20-9-12-25(14-20)23(27)10-11-24-15-21-3-1-2-4-22(21)16-24/h1-8,20,26H,9-17H2/t20-/m0/s1. The van der Waals surface area contributed by atoms with Crippen molar-refractivity contribution < 1.29 is 9.90 Å². The lowest BCUT2D eigenvalue weighted by Gasteiger charge is -2.19. The van der Waals surface area contributed by atoms with Crippen LogP contribution in [0.15, 0.2) is 48.5 Å². The largest absolute Gasteiger partial charge is 0.392 e. The van der Waals surface area contributed by atoms with E-state index >= 15 is 0 Å². The smallest absolute Gasteiger partial charge is 0.223 e. The molecule has 0 radical (unpaired) electrons. The summed E-state index contributed by atoms with van der Waals surface area (Å²) >= 11 is 0. The maximum atomic E-state index is 12.6. The first kappa shape index (κ1) is 18.2. The quantitative estimate of drug-likeness (QED) is 0.857. The second-order valence-corrected chi connectivity index (χ2v) is 7.90. The van der Waals surface area contributed by atoms with Gasteiger partial charge in [0.1, 0.15) is 0 Å². The average molecular weight is 364 g/mol. The molecule has 142 valence electrons. The van der Waals surface area contributed by atoms with Gasteiger partial charge in [-0.3, -0.25) is 9.69 Å². The Bertz CT molecular complexity index is 762. The summed E-state index contributed by atoms with van der Waals surface area (Å²) in [6.45, 7) is 4.64. The number of hydrogen-bond acceptors (Lipinski definition) is 3. The van der Waals surface area contributed by atoms with E-state index in [9.17, 15) is 4.79 Å². The van der Waals surface area contributed by atoms with Gasteiger partial charge in [-0.25, -0.2) is 0 Å². The molecule has 2 aromatic carbocycles. The van der Waals surface area contributed by atoms with Gasteiger partial charge in [0.2, 0.25) is 5.91 Å². The Hall–Kier alpha value is -2.17. The number of carbonyl (C=O) groups is 1. The molecule has 0 spiro atoms.